The lowest BCUT2D eigenvalue weighted by Crippen LogP contribution is -2.27. The van der Waals surface area contributed by atoms with Crippen LogP contribution in [0.15, 0.2) is 24.4 Å². The number of aromatic nitrogens is 2. The molecular weight excluding hydrogens is 254 g/mol. The predicted molar refractivity (Wildman–Crippen MR) is 81.7 cm³/mol. The molecule has 104 valence electrons. The van der Waals surface area contributed by atoms with Crippen molar-refractivity contribution in [3.63, 3.8) is 0 Å². The number of nitrogens with one attached hydrogen (secondary N) is 1. The van der Waals surface area contributed by atoms with Crippen LogP contribution < -0.4 is 5.32 Å². The summed E-state index contributed by atoms with van der Waals surface area (Å²) in [7, 11) is 0. The van der Waals surface area contributed by atoms with E-state index in [1.165, 1.54) is 9.75 Å². The van der Waals surface area contributed by atoms with Gasteiger partial charge in [0.2, 0.25) is 0 Å². The van der Waals surface area contributed by atoms with Crippen LogP contribution in [0, 0.1) is 6.92 Å². The summed E-state index contributed by atoms with van der Waals surface area (Å²) in [5.41, 5.74) is 1.11. The van der Waals surface area contributed by atoms with Crippen LogP contribution in [0.5, 0.6) is 0 Å². The van der Waals surface area contributed by atoms with Crippen molar-refractivity contribution in [2.75, 3.05) is 0 Å². The first kappa shape index (κ1) is 14.3. The molecule has 2 aromatic rings. The second kappa shape index (κ2) is 6.35. The number of hydrogen-bond donors (Lipinski definition) is 1. The minimum absolute atomic E-state index is 0.431. The van der Waals surface area contributed by atoms with Gasteiger partial charge in [-0.2, -0.15) is 5.10 Å². The van der Waals surface area contributed by atoms with E-state index in [-0.39, 0.29) is 0 Å². The smallest absolute Gasteiger partial charge is 0.0762 e. The Bertz CT molecular complexity index is 513. The van der Waals surface area contributed by atoms with E-state index < -0.39 is 0 Å². The molecule has 4 heteroatoms. The van der Waals surface area contributed by atoms with Crippen LogP contribution in [-0.2, 0) is 13.0 Å². The fraction of sp³-hybridized carbons (Fsp3) is 0.533. The molecule has 0 bridgehead atoms. The van der Waals surface area contributed by atoms with Crippen molar-refractivity contribution in [3.8, 4) is 0 Å². The van der Waals surface area contributed by atoms with E-state index in [0.717, 1.165) is 18.7 Å². The Kier molecular flexibility index (Phi) is 4.77. The molecule has 19 heavy (non-hydrogen) atoms. The van der Waals surface area contributed by atoms with Crippen molar-refractivity contribution in [2.24, 2.45) is 0 Å². The molecule has 0 saturated carbocycles. The molecule has 0 amide bonds. The van der Waals surface area contributed by atoms with Crippen molar-refractivity contribution in [3.05, 3.63) is 39.8 Å². The standard InChI is InChI=1S/C15H23N3S/c1-11(2)18-8-7-14(17-18)10-16-12(3)9-15-6-5-13(4)19-15/h5-8,11-12,16H,9-10H2,1-4H3. The fourth-order valence-corrected chi connectivity index (χ4v) is 3.03. The zero-order chi connectivity index (χ0) is 13.8. The van der Waals surface area contributed by atoms with Crippen LogP contribution in [0.25, 0.3) is 0 Å². The van der Waals surface area contributed by atoms with Crippen molar-refractivity contribution >= 4 is 11.3 Å². The zero-order valence-electron chi connectivity index (χ0n) is 12.2. The number of thiophene rings is 1. The van der Waals surface area contributed by atoms with E-state index in [2.05, 4.69) is 62.5 Å². The summed E-state index contributed by atoms with van der Waals surface area (Å²) in [6, 6.07) is 7.42. The summed E-state index contributed by atoms with van der Waals surface area (Å²) in [5, 5.41) is 8.09. The Labute approximate surface area is 119 Å². The Hall–Kier alpha value is -1.13. The highest BCUT2D eigenvalue weighted by Gasteiger charge is 2.07. The number of nitrogens with zero attached hydrogens (tertiary/aromatic N) is 2. The lowest BCUT2D eigenvalue weighted by Gasteiger charge is -2.11. The second-order valence-electron chi connectivity index (χ2n) is 5.38. The van der Waals surface area contributed by atoms with E-state index in [9.17, 15) is 0 Å². The quantitative estimate of drug-likeness (QED) is 0.875. The fourth-order valence-electron chi connectivity index (χ4n) is 2.01. The molecule has 0 saturated heterocycles. The molecule has 2 heterocycles. The summed E-state index contributed by atoms with van der Waals surface area (Å²) in [6.07, 6.45) is 3.14. The summed E-state index contributed by atoms with van der Waals surface area (Å²) in [4.78, 5) is 2.84. The van der Waals surface area contributed by atoms with Gasteiger partial charge in [-0.15, -0.1) is 11.3 Å². The molecule has 1 N–H and O–H groups in total. The SMILES string of the molecule is Cc1ccc(CC(C)NCc2ccn(C(C)C)n2)s1. The molecule has 2 aromatic heterocycles. The van der Waals surface area contributed by atoms with E-state index in [4.69, 9.17) is 0 Å². The highest BCUT2D eigenvalue weighted by atomic mass is 32.1. The van der Waals surface area contributed by atoms with Gasteiger partial charge in [0.15, 0.2) is 0 Å². The average Bonchev–Trinajstić information content (AvgIpc) is 2.96. The highest BCUT2D eigenvalue weighted by Crippen LogP contribution is 2.16. The van der Waals surface area contributed by atoms with Crippen LogP contribution in [0.1, 0.15) is 42.3 Å². The summed E-state index contributed by atoms with van der Waals surface area (Å²) in [5.74, 6) is 0. The van der Waals surface area contributed by atoms with Crippen molar-refractivity contribution in [1.29, 1.82) is 0 Å². The lowest BCUT2D eigenvalue weighted by molar-refractivity contribution is 0.506. The van der Waals surface area contributed by atoms with Gasteiger partial charge >= 0.3 is 0 Å². The monoisotopic (exact) mass is 277 g/mol. The molecule has 0 aromatic carbocycles. The van der Waals surface area contributed by atoms with Crippen LogP contribution >= 0.6 is 11.3 Å². The van der Waals surface area contributed by atoms with Crippen molar-refractivity contribution in [1.82, 2.24) is 15.1 Å². The van der Waals surface area contributed by atoms with Crippen molar-refractivity contribution in [2.45, 2.75) is 52.7 Å². The van der Waals surface area contributed by atoms with Gasteiger partial charge in [0.05, 0.1) is 5.69 Å². The van der Waals surface area contributed by atoms with Crippen LogP contribution in [0.2, 0.25) is 0 Å². The summed E-state index contributed by atoms with van der Waals surface area (Å²) < 4.78 is 2.00. The highest BCUT2D eigenvalue weighted by molar-refractivity contribution is 7.11. The van der Waals surface area contributed by atoms with Gasteiger partial charge in [-0.25, -0.2) is 0 Å². The molecule has 0 aliphatic carbocycles. The molecular formula is C15H23N3S. The molecule has 0 radical (unpaired) electrons. The molecule has 3 nitrogen and oxygen atoms in total. The third-order valence-electron chi connectivity index (χ3n) is 3.13. The summed E-state index contributed by atoms with van der Waals surface area (Å²) >= 11 is 1.89. The van der Waals surface area contributed by atoms with E-state index in [0.29, 0.717) is 12.1 Å². The minimum Gasteiger partial charge on any atom is -0.308 e. The maximum Gasteiger partial charge on any atom is 0.0762 e. The van der Waals surface area contributed by atoms with Gasteiger partial charge in [0.1, 0.15) is 0 Å². The van der Waals surface area contributed by atoms with Gasteiger partial charge in [0.25, 0.3) is 0 Å². The maximum absolute atomic E-state index is 4.55. The maximum atomic E-state index is 4.55. The Morgan fingerprint density at radius 2 is 2.05 bits per heavy atom. The first-order chi connectivity index (χ1) is 9.04. The zero-order valence-corrected chi connectivity index (χ0v) is 13.0. The van der Waals surface area contributed by atoms with Crippen molar-refractivity contribution < 1.29 is 0 Å². The molecule has 1 atom stereocenters. The Morgan fingerprint density at radius 1 is 1.26 bits per heavy atom. The molecule has 0 aliphatic heterocycles. The molecule has 0 aliphatic rings. The Morgan fingerprint density at radius 3 is 2.63 bits per heavy atom. The number of aryl methyl sites for hydroxylation is 1. The predicted octanol–water partition coefficient (Wildman–Crippen LogP) is 3.55. The number of hydrogen-bond acceptors (Lipinski definition) is 3. The van der Waals surface area contributed by atoms with Gasteiger partial charge in [0, 0.05) is 34.6 Å². The third kappa shape index (κ3) is 4.18. The third-order valence-corrected chi connectivity index (χ3v) is 4.15. The first-order valence-corrected chi connectivity index (χ1v) is 7.69. The van der Waals surface area contributed by atoms with Gasteiger partial charge in [-0.05, 0) is 52.3 Å². The van der Waals surface area contributed by atoms with Gasteiger partial charge in [-0.3, -0.25) is 4.68 Å². The Balaban J connectivity index is 1.81. The van der Waals surface area contributed by atoms with Gasteiger partial charge < -0.3 is 5.32 Å². The number of rotatable bonds is 6. The van der Waals surface area contributed by atoms with E-state index in [1.54, 1.807) is 0 Å². The summed E-state index contributed by atoms with van der Waals surface area (Å²) in [6.45, 7) is 9.52. The second-order valence-corrected chi connectivity index (χ2v) is 6.75. The van der Waals surface area contributed by atoms with Crippen LogP contribution in [0.4, 0.5) is 0 Å². The molecule has 0 spiro atoms. The lowest BCUT2D eigenvalue weighted by atomic mass is 10.2. The largest absolute Gasteiger partial charge is 0.308 e. The van der Waals surface area contributed by atoms with E-state index in [1.807, 2.05) is 16.0 Å². The topological polar surface area (TPSA) is 29.9 Å². The normalized spacial score (nSPS) is 13.1. The molecule has 0 fully saturated rings. The van der Waals surface area contributed by atoms with E-state index >= 15 is 0 Å². The first-order valence-electron chi connectivity index (χ1n) is 6.87. The minimum atomic E-state index is 0.431. The van der Waals surface area contributed by atoms with Gasteiger partial charge in [-0.1, -0.05) is 0 Å². The van der Waals surface area contributed by atoms with Crippen LogP contribution in [-0.4, -0.2) is 15.8 Å². The van der Waals surface area contributed by atoms with Crippen LogP contribution in [0.3, 0.4) is 0 Å². The average molecular weight is 277 g/mol. The molecule has 2 rings (SSSR count). The molecule has 1 unspecified atom stereocenters.